The zero-order valence-electron chi connectivity index (χ0n) is 17.5. The van der Waals surface area contributed by atoms with Crippen molar-refractivity contribution < 1.29 is 28.9 Å². The van der Waals surface area contributed by atoms with E-state index in [1.54, 1.807) is 23.1 Å². The molecule has 2 saturated heterocycles. The molecule has 1 atom stereocenters. The van der Waals surface area contributed by atoms with Gasteiger partial charge in [-0.05, 0) is 23.8 Å². The molecule has 0 aliphatic carbocycles. The summed E-state index contributed by atoms with van der Waals surface area (Å²) >= 11 is 0. The summed E-state index contributed by atoms with van der Waals surface area (Å²) in [6, 6.07) is 13.6. The van der Waals surface area contributed by atoms with Crippen molar-refractivity contribution >= 4 is 17.4 Å². The fourth-order valence-electron chi connectivity index (χ4n) is 4.37. The second-order valence-electron chi connectivity index (χ2n) is 7.93. The van der Waals surface area contributed by atoms with E-state index < -0.39 is 17.7 Å². The predicted octanol–water partition coefficient (Wildman–Crippen LogP) is 2.17. The van der Waals surface area contributed by atoms with Crippen LogP contribution < -0.4 is 9.47 Å². The van der Waals surface area contributed by atoms with Crippen LogP contribution >= 0.6 is 0 Å². The van der Waals surface area contributed by atoms with Gasteiger partial charge in [0.05, 0.1) is 24.8 Å². The molecule has 2 aromatic carbocycles. The van der Waals surface area contributed by atoms with E-state index in [9.17, 15) is 14.7 Å². The molecule has 0 aromatic heterocycles. The van der Waals surface area contributed by atoms with Crippen LogP contribution in [0, 0.1) is 0 Å². The van der Waals surface area contributed by atoms with Gasteiger partial charge in [-0.2, -0.15) is 0 Å². The number of aliphatic hydroxyl groups excluding tert-OH is 1. The highest BCUT2D eigenvalue weighted by Gasteiger charge is 2.46. The van der Waals surface area contributed by atoms with Crippen molar-refractivity contribution in [3.63, 3.8) is 0 Å². The number of hydrogen-bond donors (Lipinski definition) is 1. The quantitative estimate of drug-likeness (QED) is 0.437. The number of carbonyl (C=O) groups is 2. The van der Waals surface area contributed by atoms with Gasteiger partial charge in [-0.3, -0.25) is 14.5 Å². The van der Waals surface area contributed by atoms with E-state index in [1.165, 1.54) is 0 Å². The maximum atomic E-state index is 13.1. The number of benzene rings is 2. The van der Waals surface area contributed by atoms with Gasteiger partial charge in [-0.1, -0.05) is 30.3 Å². The van der Waals surface area contributed by atoms with Crippen molar-refractivity contribution in [2.24, 2.45) is 0 Å². The van der Waals surface area contributed by atoms with Crippen molar-refractivity contribution in [3.05, 3.63) is 65.2 Å². The van der Waals surface area contributed by atoms with Gasteiger partial charge in [0.15, 0.2) is 11.5 Å². The van der Waals surface area contributed by atoms with Crippen LogP contribution in [-0.4, -0.2) is 72.8 Å². The first-order valence-electron chi connectivity index (χ1n) is 10.7. The van der Waals surface area contributed by atoms with E-state index in [0.717, 1.165) is 18.7 Å². The molecule has 3 aliphatic heterocycles. The second kappa shape index (κ2) is 8.64. The Labute approximate surface area is 185 Å². The molecule has 1 N–H and O–H groups in total. The molecule has 1 amide bonds. The predicted molar refractivity (Wildman–Crippen MR) is 115 cm³/mol. The number of aliphatic hydroxyl groups is 1. The summed E-state index contributed by atoms with van der Waals surface area (Å²) in [6.45, 7) is 4.01. The molecular weight excluding hydrogens is 412 g/mol. The maximum absolute atomic E-state index is 13.1. The lowest BCUT2D eigenvalue weighted by Crippen LogP contribution is -2.42. The number of fused-ring (bicyclic) bond motifs is 1. The van der Waals surface area contributed by atoms with E-state index in [2.05, 4.69) is 4.90 Å². The van der Waals surface area contributed by atoms with Crippen LogP contribution in [0.25, 0.3) is 5.76 Å². The molecule has 1 unspecified atom stereocenters. The molecule has 3 aliphatic rings. The Morgan fingerprint density at radius 1 is 0.969 bits per heavy atom. The van der Waals surface area contributed by atoms with Crippen molar-refractivity contribution in [1.82, 2.24) is 9.80 Å². The molecule has 0 bridgehead atoms. The van der Waals surface area contributed by atoms with Crippen LogP contribution in [0.1, 0.15) is 17.2 Å². The summed E-state index contributed by atoms with van der Waals surface area (Å²) in [7, 11) is 0. The lowest BCUT2D eigenvalue weighted by Gasteiger charge is -2.31. The van der Waals surface area contributed by atoms with Gasteiger partial charge in [-0.25, -0.2) is 0 Å². The standard InChI is InChI=1S/C24H24N2O6/c27-22(17-6-7-18-19(14-17)32-15-31-18)20-21(16-4-2-1-3-5-16)26(24(29)23(20)28)9-8-25-10-12-30-13-11-25/h1-7,14,21,27H,8-13,15H2/b22-20+. The molecule has 8 nitrogen and oxygen atoms in total. The van der Waals surface area contributed by atoms with Crippen molar-refractivity contribution in [1.29, 1.82) is 0 Å². The molecule has 2 aromatic rings. The Bertz CT molecular complexity index is 1060. The number of amides is 1. The molecule has 0 radical (unpaired) electrons. The number of ether oxygens (including phenoxy) is 3. The Morgan fingerprint density at radius 3 is 2.50 bits per heavy atom. The van der Waals surface area contributed by atoms with E-state index in [-0.39, 0.29) is 18.1 Å². The number of hydrogen-bond acceptors (Lipinski definition) is 7. The molecule has 32 heavy (non-hydrogen) atoms. The number of ketones is 1. The van der Waals surface area contributed by atoms with Crippen LogP contribution in [0.15, 0.2) is 54.1 Å². The van der Waals surface area contributed by atoms with Gasteiger partial charge in [-0.15, -0.1) is 0 Å². The first-order valence-corrected chi connectivity index (χ1v) is 10.7. The summed E-state index contributed by atoms with van der Waals surface area (Å²) in [5.74, 6) is -0.436. The fourth-order valence-corrected chi connectivity index (χ4v) is 4.37. The van der Waals surface area contributed by atoms with Crippen LogP contribution in [0.3, 0.4) is 0 Å². The first-order chi connectivity index (χ1) is 15.6. The number of carbonyl (C=O) groups excluding carboxylic acids is 2. The van der Waals surface area contributed by atoms with Gasteiger partial charge in [0.1, 0.15) is 5.76 Å². The van der Waals surface area contributed by atoms with Crippen molar-refractivity contribution in [2.45, 2.75) is 6.04 Å². The zero-order chi connectivity index (χ0) is 22.1. The van der Waals surface area contributed by atoms with Gasteiger partial charge >= 0.3 is 0 Å². The van der Waals surface area contributed by atoms with Gasteiger partial charge in [0.2, 0.25) is 6.79 Å². The average Bonchev–Trinajstić information content (AvgIpc) is 3.40. The van der Waals surface area contributed by atoms with E-state index in [4.69, 9.17) is 14.2 Å². The normalized spacial score (nSPS) is 22.5. The average molecular weight is 436 g/mol. The fraction of sp³-hybridized carbons (Fsp3) is 0.333. The Balaban J connectivity index is 1.52. The van der Waals surface area contributed by atoms with Crippen molar-refractivity contribution in [2.75, 3.05) is 46.2 Å². The summed E-state index contributed by atoms with van der Waals surface area (Å²) < 4.78 is 16.1. The largest absolute Gasteiger partial charge is 0.507 e. The minimum Gasteiger partial charge on any atom is -0.507 e. The number of rotatable bonds is 5. The number of Topliss-reactive ketones (excluding diaryl/α,β-unsaturated/α-hetero) is 1. The SMILES string of the molecule is O=C1C(=O)N(CCN2CCOCC2)C(c2ccccc2)/C1=C(\O)c1ccc2c(c1)OCO2. The smallest absolute Gasteiger partial charge is 0.295 e. The molecule has 166 valence electrons. The van der Waals surface area contributed by atoms with E-state index in [1.807, 2.05) is 30.3 Å². The van der Waals surface area contributed by atoms with Crippen LogP contribution in [0.4, 0.5) is 0 Å². The highest BCUT2D eigenvalue weighted by molar-refractivity contribution is 6.46. The highest BCUT2D eigenvalue weighted by Crippen LogP contribution is 2.41. The number of likely N-dealkylation sites (tertiary alicyclic amines) is 1. The number of morpholine rings is 1. The zero-order valence-corrected chi connectivity index (χ0v) is 17.5. The topological polar surface area (TPSA) is 88.5 Å². The summed E-state index contributed by atoms with van der Waals surface area (Å²) in [4.78, 5) is 29.9. The lowest BCUT2D eigenvalue weighted by atomic mass is 9.95. The molecular formula is C24H24N2O6. The third-order valence-electron chi connectivity index (χ3n) is 6.06. The summed E-state index contributed by atoms with van der Waals surface area (Å²) in [5.41, 5.74) is 1.26. The van der Waals surface area contributed by atoms with Gasteiger partial charge in [0.25, 0.3) is 11.7 Å². The molecule has 8 heteroatoms. The Hall–Kier alpha value is -3.36. The molecule has 2 fully saturated rings. The third kappa shape index (κ3) is 3.72. The second-order valence-corrected chi connectivity index (χ2v) is 7.93. The first kappa shape index (κ1) is 20.5. The highest BCUT2D eigenvalue weighted by atomic mass is 16.7. The van der Waals surface area contributed by atoms with E-state index in [0.29, 0.717) is 43.4 Å². The monoisotopic (exact) mass is 436 g/mol. The van der Waals surface area contributed by atoms with Crippen molar-refractivity contribution in [3.8, 4) is 11.5 Å². The lowest BCUT2D eigenvalue weighted by molar-refractivity contribution is -0.140. The maximum Gasteiger partial charge on any atom is 0.295 e. The number of nitrogens with zero attached hydrogens (tertiary/aromatic N) is 2. The van der Waals surface area contributed by atoms with Crippen LogP contribution in [0.2, 0.25) is 0 Å². The third-order valence-corrected chi connectivity index (χ3v) is 6.06. The minimum absolute atomic E-state index is 0.0852. The minimum atomic E-state index is -0.684. The van der Waals surface area contributed by atoms with Crippen LogP contribution in [0.5, 0.6) is 11.5 Å². The van der Waals surface area contributed by atoms with Gasteiger partial charge < -0.3 is 24.2 Å². The van der Waals surface area contributed by atoms with Gasteiger partial charge in [0, 0.05) is 31.7 Å². The molecule has 0 spiro atoms. The summed E-state index contributed by atoms with van der Waals surface area (Å²) in [5, 5.41) is 11.2. The molecule has 3 heterocycles. The van der Waals surface area contributed by atoms with Crippen LogP contribution in [-0.2, 0) is 14.3 Å². The molecule has 0 saturated carbocycles. The molecule has 5 rings (SSSR count). The van der Waals surface area contributed by atoms with E-state index >= 15 is 0 Å². The Morgan fingerprint density at radius 2 is 1.72 bits per heavy atom. The summed E-state index contributed by atoms with van der Waals surface area (Å²) in [6.07, 6.45) is 0. The Kier molecular flexibility index (Phi) is 5.55.